The molecule has 6 aromatic carbocycles. The fourth-order valence-corrected chi connectivity index (χ4v) is 9.78. The molecular formula is C51H57O3P. The maximum absolute atomic E-state index is 9.11. The van der Waals surface area contributed by atoms with E-state index in [0.29, 0.717) is 0 Å². The Labute approximate surface area is 330 Å². The summed E-state index contributed by atoms with van der Waals surface area (Å²) in [7, 11) is -0.370. The molecule has 0 unspecified atom stereocenters. The monoisotopic (exact) mass is 748 g/mol. The van der Waals surface area contributed by atoms with E-state index in [1.54, 1.807) is 0 Å². The smallest absolute Gasteiger partial charge is 0.0431 e. The van der Waals surface area contributed by atoms with Crippen molar-refractivity contribution >= 4 is 7.92 Å². The van der Waals surface area contributed by atoms with E-state index in [4.69, 9.17) is 15.3 Å². The van der Waals surface area contributed by atoms with Crippen LogP contribution < -0.4 is 0 Å². The number of aliphatic hydroxyl groups excluding tert-OH is 3. The molecule has 6 aromatic rings. The molecule has 0 radical (unpaired) electrons. The van der Waals surface area contributed by atoms with E-state index in [1.165, 1.54) is 66.8 Å². The maximum Gasteiger partial charge on any atom is 0.0431 e. The first-order valence-corrected chi connectivity index (χ1v) is 22.1. The van der Waals surface area contributed by atoms with Crippen molar-refractivity contribution in [1.82, 2.24) is 0 Å². The van der Waals surface area contributed by atoms with Gasteiger partial charge in [0.1, 0.15) is 0 Å². The van der Waals surface area contributed by atoms with E-state index in [-0.39, 0.29) is 27.7 Å². The minimum absolute atomic E-state index is 0.261. The first-order chi connectivity index (χ1) is 27.1. The maximum atomic E-state index is 9.11. The summed E-state index contributed by atoms with van der Waals surface area (Å²) >= 11 is 0. The van der Waals surface area contributed by atoms with Gasteiger partial charge in [-0.05, 0) is 143 Å². The quantitative estimate of drug-likeness (QED) is 0.0507. The molecule has 0 spiro atoms. The van der Waals surface area contributed by atoms with E-state index in [0.717, 1.165) is 76.3 Å². The molecule has 0 saturated carbocycles. The highest BCUT2D eigenvalue weighted by atomic mass is 31.1. The van der Waals surface area contributed by atoms with Crippen molar-refractivity contribution < 1.29 is 15.3 Å². The fraction of sp³-hybridized carbons (Fsp3) is 0.294. The molecule has 0 aliphatic heterocycles. The zero-order valence-electron chi connectivity index (χ0n) is 32.3. The Morgan fingerprint density at radius 1 is 0.255 bits per heavy atom. The van der Waals surface area contributed by atoms with E-state index in [9.17, 15) is 0 Å². The molecule has 0 bridgehead atoms. The van der Waals surface area contributed by atoms with Gasteiger partial charge in [0, 0.05) is 19.8 Å². The van der Waals surface area contributed by atoms with Crippen molar-refractivity contribution in [1.29, 1.82) is 0 Å². The van der Waals surface area contributed by atoms with Crippen LogP contribution in [0.3, 0.4) is 0 Å². The molecule has 0 saturated heterocycles. The normalized spacial score (nSPS) is 11.3. The van der Waals surface area contributed by atoms with Gasteiger partial charge in [-0.3, -0.25) is 0 Å². The van der Waals surface area contributed by atoms with Crippen LogP contribution in [-0.2, 0) is 37.7 Å². The molecule has 0 aliphatic rings. The zero-order chi connectivity index (χ0) is 38.1. The lowest BCUT2D eigenvalue weighted by molar-refractivity contribution is 0.284. The molecule has 55 heavy (non-hydrogen) atoms. The second-order valence-electron chi connectivity index (χ2n) is 14.9. The molecule has 0 heterocycles. The highest BCUT2D eigenvalue weighted by molar-refractivity contribution is 7.55. The lowest BCUT2D eigenvalue weighted by Crippen LogP contribution is -1.94. The Kier molecular flexibility index (Phi) is 15.9. The third-order valence-electron chi connectivity index (χ3n) is 10.6. The predicted molar refractivity (Wildman–Crippen MR) is 234 cm³/mol. The number of aryl methyl sites for hydroxylation is 3. The van der Waals surface area contributed by atoms with Crippen LogP contribution in [-0.4, -0.2) is 35.1 Å². The van der Waals surface area contributed by atoms with Crippen molar-refractivity contribution in [2.75, 3.05) is 19.8 Å². The summed E-state index contributed by atoms with van der Waals surface area (Å²) in [6, 6.07) is 54.4. The van der Waals surface area contributed by atoms with Crippen LogP contribution in [0.2, 0.25) is 0 Å². The van der Waals surface area contributed by atoms with Gasteiger partial charge in [-0.25, -0.2) is 0 Å². The molecule has 0 aliphatic carbocycles. The van der Waals surface area contributed by atoms with Gasteiger partial charge in [0.25, 0.3) is 0 Å². The van der Waals surface area contributed by atoms with Gasteiger partial charge >= 0.3 is 0 Å². The van der Waals surface area contributed by atoms with Crippen molar-refractivity contribution in [2.45, 2.75) is 76.3 Å². The lowest BCUT2D eigenvalue weighted by atomic mass is 10.0. The summed E-state index contributed by atoms with van der Waals surface area (Å²) in [6.07, 6.45) is 11.8. The number of hydrogen-bond acceptors (Lipinski definition) is 3. The van der Waals surface area contributed by atoms with Gasteiger partial charge in [-0.1, -0.05) is 154 Å². The zero-order valence-corrected chi connectivity index (χ0v) is 33.1. The van der Waals surface area contributed by atoms with Crippen LogP contribution in [0, 0.1) is 0 Å². The average molecular weight is 749 g/mol. The van der Waals surface area contributed by atoms with Crippen LogP contribution in [0.1, 0.15) is 71.9 Å². The molecule has 3 N–H and O–H groups in total. The minimum atomic E-state index is -0.370. The third-order valence-corrected chi connectivity index (χ3v) is 13.0. The summed E-state index contributed by atoms with van der Waals surface area (Å²) in [5, 5.41) is 27.3. The van der Waals surface area contributed by atoms with Gasteiger partial charge in [-0.2, -0.15) is 0 Å². The molecule has 284 valence electrons. The van der Waals surface area contributed by atoms with Crippen LogP contribution >= 0.6 is 7.92 Å². The minimum Gasteiger partial charge on any atom is -0.396 e. The number of benzene rings is 6. The SMILES string of the molecule is OCCCCc1ccc(-c2ccc(CP(Cc3ccc(-c4ccc(CCCCO)cc4)cc3)Cc3ccc(-c4ccc(CCCCO)cc4)cc3)cc2)cc1. The van der Waals surface area contributed by atoms with E-state index in [2.05, 4.69) is 146 Å². The van der Waals surface area contributed by atoms with Gasteiger partial charge in [-0.15, -0.1) is 0 Å². The summed E-state index contributed by atoms with van der Waals surface area (Å²) in [5.74, 6) is 0. The largest absolute Gasteiger partial charge is 0.396 e. The molecule has 4 heteroatoms. The lowest BCUT2D eigenvalue weighted by Gasteiger charge is -2.19. The number of unbranched alkanes of at least 4 members (excludes halogenated alkanes) is 3. The Hall–Kier alpha value is -4.37. The molecular weight excluding hydrogens is 692 g/mol. The Bertz CT molecular complexity index is 1730. The van der Waals surface area contributed by atoms with Crippen molar-refractivity contribution in [2.24, 2.45) is 0 Å². The Morgan fingerprint density at radius 2 is 0.455 bits per heavy atom. The van der Waals surface area contributed by atoms with Crippen LogP contribution in [0.25, 0.3) is 33.4 Å². The molecule has 3 nitrogen and oxygen atoms in total. The highest BCUT2D eigenvalue weighted by Crippen LogP contribution is 2.47. The van der Waals surface area contributed by atoms with E-state index in [1.807, 2.05) is 0 Å². The van der Waals surface area contributed by atoms with Crippen LogP contribution in [0.5, 0.6) is 0 Å². The Morgan fingerprint density at radius 3 is 0.655 bits per heavy atom. The predicted octanol–water partition coefficient (Wildman–Crippen LogP) is 12.0. The highest BCUT2D eigenvalue weighted by Gasteiger charge is 2.13. The molecule has 0 fully saturated rings. The summed E-state index contributed by atoms with van der Waals surface area (Å²) in [4.78, 5) is 0. The fourth-order valence-electron chi connectivity index (χ4n) is 7.26. The number of aliphatic hydroxyl groups is 3. The molecule has 0 atom stereocenters. The summed E-state index contributed by atoms with van der Waals surface area (Å²) in [5.41, 5.74) is 15.6. The molecule has 0 amide bonds. The van der Waals surface area contributed by atoms with Crippen molar-refractivity contribution in [3.05, 3.63) is 179 Å². The van der Waals surface area contributed by atoms with Crippen molar-refractivity contribution in [3.8, 4) is 33.4 Å². The molecule has 0 aromatic heterocycles. The van der Waals surface area contributed by atoms with Gasteiger partial charge < -0.3 is 15.3 Å². The second-order valence-corrected chi connectivity index (χ2v) is 17.2. The summed E-state index contributed by atoms with van der Waals surface area (Å²) in [6.45, 7) is 0.784. The van der Waals surface area contributed by atoms with Gasteiger partial charge in [0.05, 0.1) is 0 Å². The van der Waals surface area contributed by atoms with Crippen LogP contribution in [0.4, 0.5) is 0 Å². The van der Waals surface area contributed by atoms with Crippen molar-refractivity contribution in [3.63, 3.8) is 0 Å². The number of hydrogen-bond donors (Lipinski definition) is 3. The van der Waals surface area contributed by atoms with Crippen LogP contribution in [0.15, 0.2) is 146 Å². The van der Waals surface area contributed by atoms with Gasteiger partial charge in [0.2, 0.25) is 0 Å². The first-order valence-electron chi connectivity index (χ1n) is 20.2. The molecule has 6 rings (SSSR count). The van der Waals surface area contributed by atoms with Gasteiger partial charge in [0.15, 0.2) is 0 Å². The second kappa shape index (κ2) is 21.6. The first kappa shape index (κ1) is 40.3. The summed E-state index contributed by atoms with van der Waals surface area (Å²) < 4.78 is 0. The van der Waals surface area contributed by atoms with E-state index < -0.39 is 0 Å². The van der Waals surface area contributed by atoms with E-state index >= 15 is 0 Å². The topological polar surface area (TPSA) is 60.7 Å². The number of rotatable bonds is 21. The third kappa shape index (κ3) is 12.6. The Balaban J connectivity index is 1.14. The standard InChI is InChI=1S/C51H57O3P/c52-34-4-1-7-40-10-22-46(23-11-40)49-28-16-43(17-29-49)37-55(38-44-18-30-50(31-19-44)47-24-12-41(13-25-47)8-2-5-35-53)39-45-20-32-51(33-21-45)48-26-14-42(15-27-48)9-3-6-36-54/h10-33,52-54H,1-9,34-39H2. The average Bonchev–Trinajstić information content (AvgIpc) is 3.23.